The molecule has 0 unspecified atom stereocenters. The van der Waals surface area contributed by atoms with Gasteiger partial charge < -0.3 is 5.32 Å². The molecule has 1 fully saturated rings. The smallest absolute Gasteiger partial charge is 0.265 e. The largest absolute Gasteiger partial charge is 0.352 e. The second-order valence-corrected chi connectivity index (χ2v) is 9.40. The lowest BCUT2D eigenvalue weighted by Crippen LogP contribution is -2.45. The topological polar surface area (TPSA) is 49.4 Å². The molecule has 0 saturated heterocycles. The third-order valence-corrected chi connectivity index (χ3v) is 7.12. The molecule has 1 aliphatic carbocycles. The zero-order chi connectivity index (χ0) is 21.6. The van der Waals surface area contributed by atoms with E-state index < -0.39 is 0 Å². The number of thioether (sulfide) groups is 1. The van der Waals surface area contributed by atoms with Crippen LogP contribution in [-0.2, 0) is 16.0 Å². The molecular weight excluding hydrogens is 404 g/mol. The molecule has 0 aromatic heterocycles. The summed E-state index contributed by atoms with van der Waals surface area (Å²) in [5.74, 6) is -0.187. The summed E-state index contributed by atoms with van der Waals surface area (Å²) in [6, 6.07) is 16.3. The van der Waals surface area contributed by atoms with Gasteiger partial charge in [-0.05, 0) is 48.6 Å². The lowest BCUT2D eigenvalue weighted by atomic mass is 10.1. The van der Waals surface area contributed by atoms with E-state index in [0.29, 0.717) is 4.91 Å². The Bertz CT molecular complexity index is 960. The molecule has 162 valence electrons. The molecule has 2 aliphatic rings. The van der Waals surface area contributed by atoms with Crippen molar-refractivity contribution < 1.29 is 9.59 Å². The van der Waals surface area contributed by atoms with E-state index in [1.165, 1.54) is 30.2 Å². The number of amides is 2. The SMILES string of the molecule is CCc1ccc(/C=C2/Sc3ccccc3N(CC(=O)NC3CCCCCC3)C2=O)cc1. The number of carbonyl (C=O) groups is 2. The summed E-state index contributed by atoms with van der Waals surface area (Å²) >= 11 is 1.48. The Morgan fingerprint density at radius 3 is 2.48 bits per heavy atom. The Morgan fingerprint density at radius 1 is 1.06 bits per heavy atom. The lowest BCUT2D eigenvalue weighted by molar-refractivity contribution is -0.123. The molecule has 4 rings (SSSR count). The van der Waals surface area contributed by atoms with Crippen LogP contribution in [0.4, 0.5) is 5.69 Å². The molecule has 31 heavy (non-hydrogen) atoms. The van der Waals surface area contributed by atoms with Gasteiger partial charge in [-0.25, -0.2) is 0 Å². The van der Waals surface area contributed by atoms with Gasteiger partial charge in [0.2, 0.25) is 5.91 Å². The standard InChI is InChI=1S/C26H30N2O2S/c1-2-19-13-15-20(16-14-19)17-24-26(30)28(22-11-7-8-12-23(22)31-24)18-25(29)27-21-9-5-3-4-6-10-21/h7-8,11-17,21H,2-6,9-10,18H2,1H3,(H,27,29)/b24-17+. The van der Waals surface area contributed by atoms with Gasteiger partial charge in [-0.1, -0.05) is 80.8 Å². The Labute approximate surface area is 189 Å². The van der Waals surface area contributed by atoms with Crippen molar-refractivity contribution in [1.29, 1.82) is 0 Å². The van der Waals surface area contributed by atoms with Gasteiger partial charge in [0.1, 0.15) is 6.54 Å². The third kappa shape index (κ3) is 5.40. The molecule has 5 heteroatoms. The van der Waals surface area contributed by atoms with Gasteiger partial charge >= 0.3 is 0 Å². The molecule has 0 atom stereocenters. The molecular formula is C26H30N2O2S. The van der Waals surface area contributed by atoms with Crippen LogP contribution in [0.25, 0.3) is 6.08 Å². The number of rotatable bonds is 5. The summed E-state index contributed by atoms with van der Waals surface area (Å²) < 4.78 is 0. The number of aryl methyl sites for hydroxylation is 1. The first kappa shape index (κ1) is 21.7. The van der Waals surface area contributed by atoms with Crippen LogP contribution in [0, 0.1) is 0 Å². The van der Waals surface area contributed by atoms with Crippen molar-refractivity contribution in [1.82, 2.24) is 5.32 Å². The van der Waals surface area contributed by atoms with Gasteiger partial charge in [-0.3, -0.25) is 14.5 Å². The second-order valence-electron chi connectivity index (χ2n) is 8.32. The van der Waals surface area contributed by atoms with Crippen LogP contribution in [0.3, 0.4) is 0 Å². The summed E-state index contributed by atoms with van der Waals surface area (Å²) in [4.78, 5) is 29.5. The summed E-state index contributed by atoms with van der Waals surface area (Å²) in [7, 11) is 0. The number of benzene rings is 2. The average Bonchev–Trinajstić information content (AvgIpc) is 3.05. The zero-order valence-corrected chi connectivity index (χ0v) is 18.9. The first-order chi connectivity index (χ1) is 15.1. The van der Waals surface area contributed by atoms with Crippen molar-refractivity contribution in [2.75, 3.05) is 11.4 Å². The minimum atomic E-state index is -0.112. The Morgan fingerprint density at radius 2 is 1.77 bits per heavy atom. The number of hydrogen-bond acceptors (Lipinski definition) is 3. The number of hydrogen-bond donors (Lipinski definition) is 1. The molecule has 2 aromatic rings. The van der Waals surface area contributed by atoms with Crippen molar-refractivity contribution in [3.63, 3.8) is 0 Å². The molecule has 2 amide bonds. The number of fused-ring (bicyclic) bond motifs is 1. The van der Waals surface area contributed by atoms with Crippen molar-refractivity contribution in [2.24, 2.45) is 0 Å². The minimum Gasteiger partial charge on any atom is -0.352 e. The highest BCUT2D eigenvalue weighted by Gasteiger charge is 2.30. The van der Waals surface area contributed by atoms with Crippen LogP contribution in [0.1, 0.15) is 56.6 Å². The fraction of sp³-hybridized carbons (Fsp3) is 0.385. The van der Waals surface area contributed by atoms with Crippen LogP contribution in [-0.4, -0.2) is 24.4 Å². The summed E-state index contributed by atoms with van der Waals surface area (Å²) in [5.41, 5.74) is 3.08. The Kier molecular flexibility index (Phi) is 7.13. The third-order valence-electron chi connectivity index (χ3n) is 6.04. The lowest BCUT2D eigenvalue weighted by Gasteiger charge is -2.30. The molecule has 1 N–H and O–H groups in total. The Hall–Kier alpha value is -2.53. The van der Waals surface area contributed by atoms with E-state index in [-0.39, 0.29) is 24.4 Å². The quantitative estimate of drug-likeness (QED) is 0.494. The first-order valence-corrected chi connectivity index (χ1v) is 12.1. The number of nitrogens with one attached hydrogen (secondary N) is 1. The number of nitrogens with zero attached hydrogens (tertiary/aromatic N) is 1. The first-order valence-electron chi connectivity index (χ1n) is 11.3. The molecule has 1 aliphatic heterocycles. The van der Waals surface area contributed by atoms with E-state index in [1.807, 2.05) is 42.5 Å². The van der Waals surface area contributed by atoms with E-state index in [4.69, 9.17) is 0 Å². The van der Waals surface area contributed by atoms with E-state index in [0.717, 1.165) is 48.3 Å². The van der Waals surface area contributed by atoms with Crippen LogP contribution in [0.15, 0.2) is 58.3 Å². The minimum absolute atomic E-state index is 0.0546. The molecule has 4 nitrogen and oxygen atoms in total. The predicted molar refractivity (Wildman–Crippen MR) is 128 cm³/mol. The van der Waals surface area contributed by atoms with Gasteiger partial charge in [-0.2, -0.15) is 0 Å². The van der Waals surface area contributed by atoms with Crippen molar-refractivity contribution in [3.8, 4) is 0 Å². The van der Waals surface area contributed by atoms with Gasteiger partial charge in [0.15, 0.2) is 0 Å². The number of carbonyl (C=O) groups excluding carboxylic acids is 2. The molecule has 0 radical (unpaired) electrons. The number of anilines is 1. The van der Waals surface area contributed by atoms with Crippen molar-refractivity contribution in [3.05, 3.63) is 64.6 Å². The van der Waals surface area contributed by atoms with E-state index in [1.54, 1.807) is 4.90 Å². The fourth-order valence-electron chi connectivity index (χ4n) is 4.26. The van der Waals surface area contributed by atoms with E-state index in [9.17, 15) is 9.59 Å². The van der Waals surface area contributed by atoms with Crippen LogP contribution in [0.5, 0.6) is 0 Å². The predicted octanol–water partition coefficient (Wildman–Crippen LogP) is 5.57. The highest BCUT2D eigenvalue weighted by Crippen LogP contribution is 2.41. The highest BCUT2D eigenvalue weighted by molar-refractivity contribution is 8.04. The monoisotopic (exact) mass is 434 g/mol. The maximum absolute atomic E-state index is 13.4. The number of para-hydroxylation sites is 1. The zero-order valence-electron chi connectivity index (χ0n) is 18.1. The normalized spacial score (nSPS) is 18.5. The van der Waals surface area contributed by atoms with Gasteiger partial charge in [0, 0.05) is 10.9 Å². The molecule has 0 spiro atoms. The van der Waals surface area contributed by atoms with Crippen LogP contribution < -0.4 is 10.2 Å². The fourth-order valence-corrected chi connectivity index (χ4v) is 5.32. The second kappa shape index (κ2) is 10.2. The molecule has 1 heterocycles. The van der Waals surface area contributed by atoms with Crippen LogP contribution in [0.2, 0.25) is 0 Å². The van der Waals surface area contributed by atoms with Crippen molar-refractivity contribution in [2.45, 2.75) is 62.8 Å². The molecule has 1 saturated carbocycles. The van der Waals surface area contributed by atoms with Gasteiger partial charge in [-0.15, -0.1) is 0 Å². The summed E-state index contributed by atoms with van der Waals surface area (Å²) in [6.07, 6.45) is 9.80. The van der Waals surface area contributed by atoms with Crippen molar-refractivity contribution >= 4 is 35.3 Å². The highest BCUT2D eigenvalue weighted by atomic mass is 32.2. The van der Waals surface area contributed by atoms with Gasteiger partial charge in [0.25, 0.3) is 5.91 Å². The Balaban J connectivity index is 1.54. The average molecular weight is 435 g/mol. The van der Waals surface area contributed by atoms with E-state index in [2.05, 4.69) is 24.4 Å². The molecule has 2 aromatic carbocycles. The summed E-state index contributed by atoms with van der Waals surface area (Å²) in [6.45, 7) is 2.18. The maximum Gasteiger partial charge on any atom is 0.265 e. The maximum atomic E-state index is 13.4. The van der Waals surface area contributed by atoms with Gasteiger partial charge in [0.05, 0.1) is 10.6 Å². The molecule has 0 bridgehead atoms. The van der Waals surface area contributed by atoms with E-state index >= 15 is 0 Å². The van der Waals surface area contributed by atoms with Crippen LogP contribution >= 0.6 is 11.8 Å². The summed E-state index contributed by atoms with van der Waals surface area (Å²) in [5, 5.41) is 3.18.